The second-order valence-corrected chi connectivity index (χ2v) is 5.01. The van der Waals surface area contributed by atoms with E-state index >= 15 is 0 Å². The molecule has 0 bridgehead atoms. The van der Waals surface area contributed by atoms with Gasteiger partial charge >= 0.3 is 0 Å². The van der Waals surface area contributed by atoms with Crippen LogP contribution < -0.4 is 5.32 Å². The van der Waals surface area contributed by atoms with Gasteiger partial charge in [0.1, 0.15) is 0 Å². The fourth-order valence-electron chi connectivity index (χ4n) is 1.71. The zero-order chi connectivity index (χ0) is 13.8. The van der Waals surface area contributed by atoms with Gasteiger partial charge < -0.3 is 10.4 Å². The van der Waals surface area contributed by atoms with Crippen LogP contribution >= 0.6 is 23.2 Å². The largest absolute Gasteiger partial charge is 0.394 e. The number of hydrogen-bond donors (Lipinski definition) is 2. The first-order valence-corrected chi connectivity index (χ1v) is 6.62. The van der Waals surface area contributed by atoms with Crippen LogP contribution in [0.1, 0.15) is 37.0 Å². The fourth-order valence-corrected chi connectivity index (χ4v) is 2.28. The maximum Gasteiger partial charge on any atom is 0.254 e. The van der Waals surface area contributed by atoms with Crippen LogP contribution in [0.2, 0.25) is 10.0 Å². The molecule has 18 heavy (non-hydrogen) atoms. The van der Waals surface area contributed by atoms with Crippen LogP contribution in [0.5, 0.6) is 0 Å². The summed E-state index contributed by atoms with van der Waals surface area (Å²) in [4.78, 5) is 12.2. The summed E-state index contributed by atoms with van der Waals surface area (Å²) < 4.78 is 0. The van der Waals surface area contributed by atoms with E-state index in [1.807, 2.05) is 13.8 Å². The number of carbonyl (C=O) groups excluding carboxylic acids is 1. The van der Waals surface area contributed by atoms with Crippen molar-refractivity contribution < 1.29 is 9.90 Å². The molecule has 0 unspecified atom stereocenters. The lowest BCUT2D eigenvalue weighted by Crippen LogP contribution is -2.50. The zero-order valence-electron chi connectivity index (χ0n) is 10.5. The molecule has 2 N–H and O–H groups in total. The highest BCUT2D eigenvalue weighted by atomic mass is 35.5. The molecule has 1 aromatic rings. The van der Waals surface area contributed by atoms with E-state index in [-0.39, 0.29) is 18.1 Å². The molecule has 0 saturated carbocycles. The molecular formula is C13H17Cl2NO2. The van der Waals surface area contributed by atoms with Crippen molar-refractivity contribution in [1.82, 2.24) is 5.32 Å². The number of carbonyl (C=O) groups is 1. The van der Waals surface area contributed by atoms with Gasteiger partial charge in [-0.3, -0.25) is 4.79 Å². The summed E-state index contributed by atoms with van der Waals surface area (Å²) in [5.74, 6) is -0.358. The van der Waals surface area contributed by atoms with Crippen LogP contribution in [0, 0.1) is 0 Å². The van der Waals surface area contributed by atoms with Gasteiger partial charge in [-0.2, -0.15) is 0 Å². The Labute approximate surface area is 117 Å². The molecule has 0 saturated heterocycles. The van der Waals surface area contributed by atoms with Crippen LogP contribution in [0.15, 0.2) is 18.2 Å². The first-order valence-electron chi connectivity index (χ1n) is 5.87. The molecule has 0 aromatic heterocycles. The SMILES string of the molecule is CCC(CC)(CO)NC(=O)c1c(Cl)cccc1Cl. The highest BCUT2D eigenvalue weighted by Crippen LogP contribution is 2.25. The fraction of sp³-hybridized carbons (Fsp3) is 0.462. The lowest BCUT2D eigenvalue weighted by molar-refractivity contribution is 0.0818. The Hall–Kier alpha value is -0.770. The molecule has 3 nitrogen and oxygen atoms in total. The van der Waals surface area contributed by atoms with Gasteiger partial charge in [-0.25, -0.2) is 0 Å². The molecule has 0 spiro atoms. The molecule has 0 heterocycles. The Bertz CT molecular complexity index is 402. The number of halogens is 2. The summed E-state index contributed by atoms with van der Waals surface area (Å²) in [5, 5.41) is 12.9. The molecule has 0 fully saturated rings. The summed E-state index contributed by atoms with van der Waals surface area (Å²) in [7, 11) is 0. The van der Waals surface area contributed by atoms with Crippen molar-refractivity contribution in [3.8, 4) is 0 Å². The first kappa shape index (κ1) is 15.3. The average molecular weight is 290 g/mol. The molecule has 0 atom stereocenters. The number of rotatable bonds is 5. The lowest BCUT2D eigenvalue weighted by atomic mass is 9.93. The Kier molecular flexibility index (Phi) is 5.45. The van der Waals surface area contributed by atoms with Crippen molar-refractivity contribution >= 4 is 29.1 Å². The number of aliphatic hydroxyl groups excluding tert-OH is 1. The normalized spacial score (nSPS) is 11.4. The Morgan fingerprint density at radius 3 is 2.17 bits per heavy atom. The van der Waals surface area contributed by atoms with Gasteiger partial charge in [0.15, 0.2) is 0 Å². The van der Waals surface area contributed by atoms with Crippen molar-refractivity contribution in [2.45, 2.75) is 32.2 Å². The third kappa shape index (κ3) is 3.16. The number of hydrogen-bond acceptors (Lipinski definition) is 2. The summed E-state index contributed by atoms with van der Waals surface area (Å²) in [6.45, 7) is 3.70. The maximum absolute atomic E-state index is 12.2. The summed E-state index contributed by atoms with van der Waals surface area (Å²) in [6.07, 6.45) is 1.27. The molecule has 0 radical (unpaired) electrons. The minimum atomic E-state index is -0.625. The molecule has 1 amide bonds. The molecule has 0 aliphatic rings. The highest BCUT2D eigenvalue weighted by Gasteiger charge is 2.29. The van der Waals surface area contributed by atoms with Gasteiger partial charge in [0.2, 0.25) is 0 Å². The highest BCUT2D eigenvalue weighted by molar-refractivity contribution is 6.39. The van der Waals surface area contributed by atoms with E-state index in [9.17, 15) is 9.90 Å². The Morgan fingerprint density at radius 1 is 1.28 bits per heavy atom. The first-order chi connectivity index (χ1) is 8.49. The van der Waals surface area contributed by atoms with Crippen LogP contribution in [0.3, 0.4) is 0 Å². The Balaban J connectivity index is 3.02. The van der Waals surface area contributed by atoms with Gasteiger partial charge in [-0.1, -0.05) is 43.1 Å². The van der Waals surface area contributed by atoms with Crippen molar-refractivity contribution in [2.75, 3.05) is 6.61 Å². The van der Waals surface area contributed by atoms with Gasteiger partial charge in [-0.05, 0) is 25.0 Å². The topological polar surface area (TPSA) is 49.3 Å². The molecule has 0 aliphatic carbocycles. The van der Waals surface area contributed by atoms with Gasteiger partial charge in [0, 0.05) is 0 Å². The summed E-state index contributed by atoms with van der Waals surface area (Å²) >= 11 is 12.0. The molecule has 5 heteroatoms. The second-order valence-electron chi connectivity index (χ2n) is 4.20. The van der Waals surface area contributed by atoms with Crippen LogP contribution in [-0.4, -0.2) is 23.2 Å². The smallest absolute Gasteiger partial charge is 0.254 e. The van der Waals surface area contributed by atoms with Crippen molar-refractivity contribution in [3.63, 3.8) is 0 Å². The zero-order valence-corrected chi connectivity index (χ0v) is 12.0. The Morgan fingerprint density at radius 2 is 1.78 bits per heavy atom. The molecule has 0 aliphatic heterocycles. The van der Waals surface area contributed by atoms with Crippen molar-refractivity contribution in [1.29, 1.82) is 0 Å². The second kappa shape index (κ2) is 6.41. The van der Waals surface area contributed by atoms with E-state index in [1.54, 1.807) is 18.2 Å². The van der Waals surface area contributed by atoms with Crippen LogP contribution in [0.4, 0.5) is 0 Å². The number of nitrogens with one attached hydrogen (secondary N) is 1. The number of benzene rings is 1. The maximum atomic E-state index is 12.2. The average Bonchev–Trinajstić information content (AvgIpc) is 2.36. The summed E-state index contributed by atoms with van der Waals surface area (Å²) in [5.41, 5.74) is -0.375. The third-order valence-electron chi connectivity index (χ3n) is 3.22. The van der Waals surface area contributed by atoms with Gasteiger partial charge in [0.25, 0.3) is 5.91 Å². The number of aliphatic hydroxyl groups is 1. The predicted octanol–water partition coefficient (Wildman–Crippen LogP) is 3.27. The molecule has 1 rings (SSSR count). The van der Waals surface area contributed by atoms with Crippen LogP contribution in [0.25, 0.3) is 0 Å². The summed E-state index contributed by atoms with van der Waals surface area (Å²) in [6, 6.07) is 4.90. The van der Waals surface area contributed by atoms with E-state index in [1.165, 1.54) is 0 Å². The molecular weight excluding hydrogens is 273 g/mol. The van der Waals surface area contributed by atoms with E-state index in [0.29, 0.717) is 22.9 Å². The minimum Gasteiger partial charge on any atom is -0.394 e. The van der Waals surface area contributed by atoms with Gasteiger partial charge in [0.05, 0.1) is 27.8 Å². The predicted molar refractivity (Wildman–Crippen MR) is 74.3 cm³/mol. The van der Waals surface area contributed by atoms with E-state index < -0.39 is 5.54 Å². The standard InChI is InChI=1S/C13H17Cl2NO2/c1-3-13(4-2,8-17)16-12(18)11-9(14)6-5-7-10(11)15/h5-7,17H,3-4,8H2,1-2H3,(H,16,18). The quantitative estimate of drug-likeness (QED) is 0.874. The van der Waals surface area contributed by atoms with Crippen LogP contribution in [-0.2, 0) is 0 Å². The molecule has 1 aromatic carbocycles. The van der Waals surface area contributed by atoms with Gasteiger partial charge in [-0.15, -0.1) is 0 Å². The number of amides is 1. The van der Waals surface area contributed by atoms with Crippen molar-refractivity contribution in [2.24, 2.45) is 0 Å². The van der Waals surface area contributed by atoms with E-state index in [4.69, 9.17) is 23.2 Å². The molecule has 100 valence electrons. The third-order valence-corrected chi connectivity index (χ3v) is 3.85. The van der Waals surface area contributed by atoms with E-state index in [2.05, 4.69) is 5.32 Å². The van der Waals surface area contributed by atoms with E-state index in [0.717, 1.165) is 0 Å². The lowest BCUT2D eigenvalue weighted by Gasteiger charge is -2.31. The minimum absolute atomic E-state index is 0.117. The van der Waals surface area contributed by atoms with Crippen molar-refractivity contribution in [3.05, 3.63) is 33.8 Å². The monoisotopic (exact) mass is 289 g/mol.